The maximum Gasteiger partial charge on any atom is 0.336 e. The molecule has 0 aliphatic carbocycles. The monoisotopic (exact) mass is 352 g/mol. The van der Waals surface area contributed by atoms with Gasteiger partial charge in [0.2, 0.25) is 0 Å². The molecule has 0 radical (unpaired) electrons. The molecule has 1 aliphatic heterocycles. The van der Waals surface area contributed by atoms with E-state index in [1.165, 1.54) is 12.3 Å². The number of nitrogens with zero attached hydrogens (tertiary/aromatic N) is 1. The van der Waals surface area contributed by atoms with Crippen molar-refractivity contribution in [1.82, 2.24) is 10.2 Å². The van der Waals surface area contributed by atoms with Crippen LogP contribution in [0.4, 0.5) is 4.79 Å². The van der Waals surface area contributed by atoms with Crippen molar-refractivity contribution in [3.05, 3.63) is 70.0 Å². The third-order valence-electron chi connectivity index (χ3n) is 4.60. The highest BCUT2D eigenvalue weighted by Gasteiger charge is 2.50. The summed E-state index contributed by atoms with van der Waals surface area (Å²) >= 11 is 0. The van der Waals surface area contributed by atoms with Crippen molar-refractivity contribution in [2.24, 2.45) is 0 Å². The summed E-state index contributed by atoms with van der Waals surface area (Å²) in [6.45, 7) is 3.44. The molecular weight excluding hydrogens is 336 g/mol. The molecule has 1 aromatic carbocycles. The number of rotatable bonds is 3. The van der Waals surface area contributed by atoms with Crippen LogP contribution in [-0.2, 0) is 16.9 Å². The largest absolute Gasteiger partial charge is 0.466 e. The number of urea groups is 1. The summed E-state index contributed by atoms with van der Waals surface area (Å²) in [5, 5.41) is 3.35. The molecule has 7 heteroatoms. The molecule has 1 N–H and O–H groups in total. The Labute approximate surface area is 148 Å². The number of benzene rings is 1. The lowest BCUT2D eigenvalue weighted by Crippen LogP contribution is -2.40. The van der Waals surface area contributed by atoms with Gasteiger partial charge in [0.25, 0.3) is 5.91 Å². The third-order valence-corrected chi connectivity index (χ3v) is 4.60. The highest BCUT2D eigenvalue weighted by atomic mass is 16.4. The van der Waals surface area contributed by atoms with Gasteiger partial charge in [0.15, 0.2) is 5.54 Å². The Morgan fingerprint density at radius 3 is 2.69 bits per heavy atom. The van der Waals surface area contributed by atoms with Gasteiger partial charge in [-0.3, -0.25) is 9.69 Å². The smallest absolute Gasteiger partial charge is 0.336 e. The van der Waals surface area contributed by atoms with E-state index in [9.17, 15) is 14.4 Å². The molecule has 3 amide bonds. The normalized spacial score (nSPS) is 20.0. The molecule has 2 aromatic heterocycles. The van der Waals surface area contributed by atoms with E-state index in [1.807, 2.05) is 19.1 Å². The Bertz CT molecular complexity index is 1080. The minimum Gasteiger partial charge on any atom is -0.466 e. The summed E-state index contributed by atoms with van der Waals surface area (Å²) < 4.78 is 10.5. The first-order chi connectivity index (χ1) is 12.4. The van der Waals surface area contributed by atoms with Gasteiger partial charge in [0.1, 0.15) is 11.3 Å². The van der Waals surface area contributed by atoms with E-state index in [2.05, 4.69) is 5.32 Å². The van der Waals surface area contributed by atoms with Crippen molar-refractivity contribution in [3.63, 3.8) is 0 Å². The SMILES string of the molecule is Cc1ccc2c(CN3C(=O)N[C@@](C)(c4ccco4)C3=O)cc(=O)oc2c1. The maximum absolute atomic E-state index is 12.9. The molecule has 0 unspecified atom stereocenters. The zero-order chi connectivity index (χ0) is 18.5. The Kier molecular flexibility index (Phi) is 3.47. The van der Waals surface area contributed by atoms with Crippen LogP contribution in [0.5, 0.6) is 0 Å². The van der Waals surface area contributed by atoms with Crippen LogP contribution in [0.15, 0.2) is 56.3 Å². The van der Waals surface area contributed by atoms with Crippen molar-refractivity contribution in [2.75, 3.05) is 0 Å². The van der Waals surface area contributed by atoms with Gasteiger partial charge in [-0.2, -0.15) is 0 Å². The molecule has 4 rings (SSSR count). The van der Waals surface area contributed by atoms with Crippen LogP contribution < -0.4 is 10.9 Å². The second-order valence-electron chi connectivity index (χ2n) is 6.51. The second-order valence-corrected chi connectivity index (χ2v) is 6.51. The first-order valence-corrected chi connectivity index (χ1v) is 8.10. The van der Waals surface area contributed by atoms with Gasteiger partial charge < -0.3 is 14.2 Å². The molecule has 3 heterocycles. The number of amides is 3. The van der Waals surface area contributed by atoms with E-state index in [0.29, 0.717) is 22.3 Å². The van der Waals surface area contributed by atoms with Gasteiger partial charge >= 0.3 is 11.7 Å². The molecule has 3 aromatic rings. The van der Waals surface area contributed by atoms with Gasteiger partial charge in [0, 0.05) is 11.5 Å². The Balaban J connectivity index is 1.74. The summed E-state index contributed by atoms with van der Waals surface area (Å²) in [7, 11) is 0. The van der Waals surface area contributed by atoms with Crippen molar-refractivity contribution >= 4 is 22.9 Å². The van der Waals surface area contributed by atoms with E-state index in [-0.39, 0.29) is 6.54 Å². The molecule has 0 saturated carbocycles. The first kappa shape index (κ1) is 16.1. The first-order valence-electron chi connectivity index (χ1n) is 8.10. The summed E-state index contributed by atoms with van der Waals surface area (Å²) in [4.78, 5) is 38.3. The van der Waals surface area contributed by atoms with E-state index in [4.69, 9.17) is 8.83 Å². The number of carbonyl (C=O) groups is 2. The molecule has 0 bridgehead atoms. The highest BCUT2D eigenvalue weighted by molar-refractivity contribution is 6.07. The second kappa shape index (κ2) is 5.59. The van der Waals surface area contributed by atoms with Crippen molar-refractivity contribution < 1.29 is 18.4 Å². The number of furan rings is 1. The molecule has 1 fully saturated rings. The highest BCUT2D eigenvalue weighted by Crippen LogP contribution is 2.31. The topological polar surface area (TPSA) is 92.8 Å². The minimum absolute atomic E-state index is 0.0356. The Morgan fingerprint density at radius 2 is 1.96 bits per heavy atom. The van der Waals surface area contributed by atoms with Gasteiger partial charge in [-0.05, 0) is 43.2 Å². The van der Waals surface area contributed by atoms with Gasteiger partial charge in [-0.1, -0.05) is 12.1 Å². The molecule has 1 atom stereocenters. The molecule has 7 nitrogen and oxygen atoms in total. The molecular formula is C19H16N2O5. The zero-order valence-electron chi connectivity index (χ0n) is 14.2. The Morgan fingerprint density at radius 1 is 1.15 bits per heavy atom. The predicted octanol–water partition coefficient (Wildman–Crippen LogP) is 2.66. The van der Waals surface area contributed by atoms with Gasteiger partial charge in [0.05, 0.1) is 12.8 Å². The number of hydrogen-bond acceptors (Lipinski definition) is 5. The van der Waals surface area contributed by atoms with Crippen molar-refractivity contribution in [3.8, 4) is 0 Å². The average Bonchev–Trinajstić information content (AvgIpc) is 3.19. The van der Waals surface area contributed by atoms with Crippen molar-refractivity contribution in [2.45, 2.75) is 25.9 Å². The van der Waals surface area contributed by atoms with Crippen LogP contribution in [0.25, 0.3) is 11.0 Å². The van der Waals surface area contributed by atoms with Crippen LogP contribution in [0.1, 0.15) is 23.8 Å². The van der Waals surface area contributed by atoms with Gasteiger partial charge in [-0.15, -0.1) is 0 Å². The van der Waals surface area contributed by atoms with E-state index >= 15 is 0 Å². The number of carbonyl (C=O) groups excluding carboxylic acids is 2. The fourth-order valence-electron chi connectivity index (χ4n) is 3.21. The van der Waals surface area contributed by atoms with Crippen LogP contribution >= 0.6 is 0 Å². The maximum atomic E-state index is 12.9. The summed E-state index contributed by atoms with van der Waals surface area (Å²) in [6.07, 6.45) is 1.45. The number of nitrogens with one attached hydrogen (secondary N) is 1. The molecule has 1 aliphatic rings. The van der Waals surface area contributed by atoms with Crippen LogP contribution in [0.3, 0.4) is 0 Å². The van der Waals surface area contributed by atoms with Crippen molar-refractivity contribution in [1.29, 1.82) is 0 Å². The van der Waals surface area contributed by atoms with E-state index in [0.717, 1.165) is 10.5 Å². The minimum atomic E-state index is -1.27. The molecule has 0 spiro atoms. The fourth-order valence-corrected chi connectivity index (χ4v) is 3.21. The van der Waals surface area contributed by atoms with E-state index < -0.39 is 23.1 Å². The standard InChI is InChI=1S/C19H16N2O5/c1-11-5-6-13-12(9-16(22)26-14(13)8-11)10-21-17(23)19(2,20-18(21)24)15-4-3-7-25-15/h3-9H,10H2,1-2H3,(H,20,24)/t19-/m0/s1. The number of fused-ring (bicyclic) bond motifs is 1. The molecule has 1 saturated heterocycles. The lowest BCUT2D eigenvalue weighted by atomic mass is 9.99. The average molecular weight is 352 g/mol. The van der Waals surface area contributed by atoms with Crippen LogP contribution in [0.2, 0.25) is 0 Å². The summed E-state index contributed by atoms with van der Waals surface area (Å²) in [5.74, 6) is -0.0858. The third kappa shape index (κ3) is 2.40. The van der Waals surface area contributed by atoms with E-state index in [1.54, 1.807) is 25.1 Å². The lowest BCUT2D eigenvalue weighted by Gasteiger charge is -2.19. The number of imide groups is 1. The quantitative estimate of drug-likeness (QED) is 0.578. The summed E-state index contributed by atoms with van der Waals surface area (Å²) in [5.41, 5.74) is 0.112. The fraction of sp³-hybridized carbons (Fsp3) is 0.211. The summed E-state index contributed by atoms with van der Waals surface area (Å²) in [6, 6.07) is 9.50. The number of aryl methyl sites for hydroxylation is 1. The lowest BCUT2D eigenvalue weighted by molar-refractivity contribution is -0.132. The van der Waals surface area contributed by atoms with Crippen LogP contribution in [0, 0.1) is 6.92 Å². The molecule has 132 valence electrons. The Hall–Kier alpha value is -3.35. The number of hydrogen-bond donors (Lipinski definition) is 1. The molecule has 26 heavy (non-hydrogen) atoms. The zero-order valence-corrected chi connectivity index (χ0v) is 14.2. The van der Waals surface area contributed by atoms with Gasteiger partial charge in [-0.25, -0.2) is 9.59 Å². The van der Waals surface area contributed by atoms with Crippen LogP contribution in [-0.4, -0.2) is 16.8 Å². The predicted molar refractivity (Wildman–Crippen MR) is 92.4 cm³/mol.